The van der Waals surface area contributed by atoms with Gasteiger partial charge in [-0.05, 0) is 60.1 Å². The van der Waals surface area contributed by atoms with E-state index in [0.717, 1.165) is 49.2 Å². The fourth-order valence-corrected chi connectivity index (χ4v) is 6.10. The third kappa shape index (κ3) is 6.13. The summed E-state index contributed by atoms with van der Waals surface area (Å²) in [6.07, 6.45) is 5.40. The Labute approximate surface area is 249 Å². The van der Waals surface area contributed by atoms with E-state index in [4.69, 9.17) is 25.7 Å². The zero-order chi connectivity index (χ0) is 30.4. The molecule has 42 heavy (non-hydrogen) atoms. The molecule has 0 radical (unpaired) electrons. The smallest absolute Gasteiger partial charge is 0.273 e. The van der Waals surface area contributed by atoms with E-state index < -0.39 is 17.9 Å². The SMILES string of the molecule is CCc1ccccc1N(C(=O)c1snc(C(N)=O)c1N)[C@@H](C(=O)NC1CCCCC1)c1cc(OC)c(OC)c(OC)c1. The van der Waals surface area contributed by atoms with Gasteiger partial charge in [-0.25, -0.2) is 0 Å². The maximum Gasteiger partial charge on any atom is 0.273 e. The van der Waals surface area contributed by atoms with Crippen LogP contribution in [0.1, 0.15) is 76.4 Å². The first kappa shape index (κ1) is 30.6. The number of nitrogens with one attached hydrogen (secondary N) is 1. The molecule has 1 saturated carbocycles. The Morgan fingerprint density at radius 3 is 2.24 bits per heavy atom. The van der Waals surface area contributed by atoms with E-state index in [1.165, 1.54) is 26.2 Å². The van der Waals surface area contributed by atoms with Gasteiger partial charge in [-0.2, -0.15) is 4.37 Å². The highest BCUT2D eigenvalue weighted by Gasteiger charge is 2.38. The normalized spacial score (nSPS) is 14.1. The van der Waals surface area contributed by atoms with Crippen LogP contribution in [0, 0.1) is 0 Å². The number of aromatic nitrogens is 1. The number of nitrogens with two attached hydrogens (primary N) is 2. The van der Waals surface area contributed by atoms with Crippen molar-refractivity contribution >= 4 is 40.6 Å². The molecule has 5 N–H and O–H groups in total. The van der Waals surface area contributed by atoms with Crippen LogP contribution in [0.2, 0.25) is 0 Å². The zero-order valence-electron chi connectivity index (χ0n) is 24.3. The Bertz CT molecular complexity index is 1430. The number of hydrogen-bond donors (Lipinski definition) is 3. The molecule has 1 aromatic heterocycles. The van der Waals surface area contributed by atoms with Crippen LogP contribution in [-0.2, 0) is 11.2 Å². The molecule has 1 aliphatic carbocycles. The second-order valence-electron chi connectivity index (χ2n) is 10.0. The van der Waals surface area contributed by atoms with Crippen LogP contribution >= 0.6 is 11.5 Å². The van der Waals surface area contributed by atoms with Crippen molar-refractivity contribution in [2.45, 2.75) is 57.5 Å². The third-order valence-electron chi connectivity index (χ3n) is 7.47. The molecular weight excluding hydrogens is 558 g/mol. The van der Waals surface area contributed by atoms with Gasteiger partial charge in [-0.1, -0.05) is 44.4 Å². The lowest BCUT2D eigenvalue weighted by Crippen LogP contribution is -2.47. The molecule has 1 atom stereocenters. The number of para-hydroxylation sites is 1. The van der Waals surface area contributed by atoms with Crippen molar-refractivity contribution in [3.05, 3.63) is 58.1 Å². The van der Waals surface area contributed by atoms with E-state index in [2.05, 4.69) is 9.69 Å². The molecule has 224 valence electrons. The number of carbonyl (C=O) groups is 3. The topological polar surface area (TPSA) is 159 Å². The van der Waals surface area contributed by atoms with Gasteiger partial charge in [0.05, 0.1) is 27.0 Å². The molecule has 1 aliphatic rings. The number of nitrogens with zero attached hydrogens (tertiary/aromatic N) is 2. The monoisotopic (exact) mass is 595 g/mol. The molecule has 2 aromatic carbocycles. The number of carbonyl (C=O) groups excluding carboxylic acids is 3. The maximum atomic E-state index is 14.5. The van der Waals surface area contributed by atoms with Gasteiger partial charge in [0.2, 0.25) is 11.7 Å². The van der Waals surface area contributed by atoms with Gasteiger partial charge < -0.3 is 31.0 Å². The van der Waals surface area contributed by atoms with Gasteiger partial charge in [0, 0.05) is 11.7 Å². The lowest BCUT2D eigenvalue weighted by Gasteiger charge is -2.34. The minimum Gasteiger partial charge on any atom is -0.493 e. The molecule has 0 unspecified atom stereocenters. The maximum absolute atomic E-state index is 14.5. The molecule has 0 saturated heterocycles. The Hall–Kier alpha value is -4.32. The fourth-order valence-electron chi connectivity index (χ4n) is 5.35. The van der Waals surface area contributed by atoms with Crippen LogP contribution in [0.4, 0.5) is 11.4 Å². The number of aryl methyl sites for hydroxylation is 1. The minimum absolute atomic E-state index is 0.00221. The number of benzene rings is 2. The summed E-state index contributed by atoms with van der Waals surface area (Å²) in [5, 5.41) is 3.19. The lowest BCUT2D eigenvalue weighted by molar-refractivity contribution is -0.123. The first-order chi connectivity index (χ1) is 20.2. The van der Waals surface area contributed by atoms with E-state index in [9.17, 15) is 14.4 Å². The summed E-state index contributed by atoms with van der Waals surface area (Å²) in [6.45, 7) is 1.96. The molecule has 1 heterocycles. The molecule has 11 nitrogen and oxygen atoms in total. The van der Waals surface area contributed by atoms with Gasteiger partial charge in [0.1, 0.15) is 10.9 Å². The quantitative estimate of drug-likeness (QED) is 0.297. The summed E-state index contributed by atoms with van der Waals surface area (Å²) in [7, 11) is 4.46. The van der Waals surface area contributed by atoms with Crippen LogP contribution in [0.5, 0.6) is 17.2 Å². The van der Waals surface area contributed by atoms with E-state index in [1.54, 1.807) is 24.3 Å². The van der Waals surface area contributed by atoms with Crippen molar-refractivity contribution in [1.82, 2.24) is 9.69 Å². The van der Waals surface area contributed by atoms with E-state index in [-0.39, 0.29) is 28.2 Å². The predicted octanol–water partition coefficient (Wildman–Crippen LogP) is 4.25. The standard InChI is InChI=1S/C30H37N5O6S/c1-5-17-11-9-10-14-20(17)35(30(38)27-23(31)24(28(32)36)34-42-27)25(29(37)33-19-12-7-6-8-13-19)18-15-21(39-2)26(41-4)22(16-18)40-3/h9-11,14-16,19,25H,5-8,12-13,31H2,1-4H3,(H2,32,36)(H,33,37)/t25-/m1/s1. The number of amides is 3. The Morgan fingerprint density at radius 1 is 1.05 bits per heavy atom. The number of nitrogen functional groups attached to an aromatic ring is 1. The van der Waals surface area contributed by atoms with Gasteiger partial charge in [0.25, 0.3) is 11.8 Å². The minimum atomic E-state index is -1.18. The number of methoxy groups -OCH3 is 3. The molecule has 12 heteroatoms. The number of ether oxygens (including phenoxy) is 3. The molecule has 0 bridgehead atoms. The highest BCUT2D eigenvalue weighted by Crippen LogP contribution is 2.43. The average Bonchev–Trinajstić information content (AvgIpc) is 3.40. The van der Waals surface area contributed by atoms with Crippen LogP contribution in [0.15, 0.2) is 36.4 Å². The summed E-state index contributed by atoms with van der Waals surface area (Å²) >= 11 is 0.762. The first-order valence-electron chi connectivity index (χ1n) is 13.8. The van der Waals surface area contributed by atoms with Crippen molar-refractivity contribution in [2.75, 3.05) is 32.0 Å². The summed E-state index contributed by atoms with van der Waals surface area (Å²) in [6, 6.07) is 9.44. The zero-order valence-corrected chi connectivity index (χ0v) is 25.1. The highest BCUT2D eigenvalue weighted by atomic mass is 32.1. The molecule has 0 aliphatic heterocycles. The van der Waals surface area contributed by atoms with Crippen LogP contribution in [0.3, 0.4) is 0 Å². The lowest BCUT2D eigenvalue weighted by atomic mass is 9.94. The molecular formula is C30H37N5O6S. The average molecular weight is 596 g/mol. The second-order valence-corrected chi connectivity index (χ2v) is 10.8. The van der Waals surface area contributed by atoms with Crippen LogP contribution in [-0.4, -0.2) is 49.5 Å². The van der Waals surface area contributed by atoms with Gasteiger partial charge in [-0.15, -0.1) is 0 Å². The molecule has 3 aromatic rings. The molecule has 1 fully saturated rings. The predicted molar refractivity (Wildman–Crippen MR) is 162 cm³/mol. The number of hydrogen-bond acceptors (Lipinski definition) is 9. The van der Waals surface area contributed by atoms with E-state index in [1.807, 2.05) is 19.1 Å². The fraction of sp³-hybridized carbons (Fsp3) is 0.400. The Morgan fingerprint density at radius 2 is 1.69 bits per heavy atom. The largest absolute Gasteiger partial charge is 0.493 e. The number of rotatable bonds is 11. The molecule has 0 spiro atoms. The summed E-state index contributed by atoms with van der Waals surface area (Å²) < 4.78 is 20.8. The highest BCUT2D eigenvalue weighted by molar-refractivity contribution is 7.09. The van der Waals surface area contributed by atoms with Crippen molar-refractivity contribution in [3.63, 3.8) is 0 Å². The summed E-state index contributed by atoms with van der Waals surface area (Å²) in [5.41, 5.74) is 13.1. The summed E-state index contributed by atoms with van der Waals surface area (Å²) in [4.78, 5) is 42.2. The third-order valence-corrected chi connectivity index (χ3v) is 8.32. The Balaban J connectivity index is 1.97. The van der Waals surface area contributed by atoms with Crippen molar-refractivity contribution < 1.29 is 28.6 Å². The second kappa shape index (κ2) is 13.6. The number of primary amides is 1. The van der Waals surface area contributed by atoms with Crippen LogP contribution < -0.4 is 35.9 Å². The van der Waals surface area contributed by atoms with Crippen LogP contribution in [0.25, 0.3) is 0 Å². The van der Waals surface area contributed by atoms with Gasteiger partial charge in [0.15, 0.2) is 17.2 Å². The van der Waals surface area contributed by atoms with Gasteiger partial charge in [-0.3, -0.25) is 19.3 Å². The van der Waals surface area contributed by atoms with E-state index >= 15 is 0 Å². The summed E-state index contributed by atoms with van der Waals surface area (Å²) in [5.74, 6) is -0.831. The molecule has 3 amide bonds. The van der Waals surface area contributed by atoms with E-state index in [0.29, 0.717) is 34.9 Å². The number of anilines is 2. The molecule has 4 rings (SSSR count). The first-order valence-corrected chi connectivity index (χ1v) is 14.6. The van der Waals surface area contributed by atoms with Gasteiger partial charge >= 0.3 is 0 Å². The van der Waals surface area contributed by atoms with Crippen molar-refractivity contribution in [3.8, 4) is 17.2 Å². The Kier molecular flexibility index (Phi) is 9.89. The van der Waals surface area contributed by atoms with Crippen molar-refractivity contribution in [2.24, 2.45) is 5.73 Å². The van der Waals surface area contributed by atoms with Crippen molar-refractivity contribution in [1.29, 1.82) is 0 Å².